The predicted molar refractivity (Wildman–Crippen MR) is 88.1 cm³/mol. The van der Waals surface area contributed by atoms with E-state index < -0.39 is 17.9 Å². The summed E-state index contributed by atoms with van der Waals surface area (Å²) in [6.45, 7) is 7.46. The fourth-order valence-electron chi connectivity index (χ4n) is 3.41. The molecule has 25 heavy (non-hydrogen) atoms. The van der Waals surface area contributed by atoms with E-state index in [4.69, 9.17) is 23.7 Å². The molecule has 0 unspecified atom stereocenters. The first-order valence-corrected chi connectivity index (χ1v) is 9.26. The van der Waals surface area contributed by atoms with Gasteiger partial charge in [0, 0.05) is 18.0 Å². The van der Waals surface area contributed by atoms with E-state index in [1.54, 1.807) is 0 Å². The molecule has 5 atom stereocenters. The zero-order valence-electron chi connectivity index (χ0n) is 14.6. The van der Waals surface area contributed by atoms with Crippen molar-refractivity contribution < 1.29 is 23.7 Å². The number of fused-ring (bicyclic) bond motifs is 3. The van der Waals surface area contributed by atoms with Gasteiger partial charge in [-0.2, -0.15) is 0 Å². The second-order valence-electron chi connectivity index (χ2n) is 7.26. The smallest absolute Gasteiger partial charge is 0.251 e. The summed E-state index contributed by atoms with van der Waals surface area (Å²) in [5, 5.41) is 0.539. The first kappa shape index (κ1) is 17.4. The van der Waals surface area contributed by atoms with E-state index in [1.807, 2.05) is 27.7 Å². The van der Waals surface area contributed by atoms with Crippen molar-refractivity contribution in [3.05, 3.63) is 22.6 Å². The summed E-state index contributed by atoms with van der Waals surface area (Å²) >= 11 is 1.40. The first-order valence-electron chi connectivity index (χ1n) is 8.27. The Morgan fingerprint density at radius 2 is 1.76 bits per heavy atom. The molecule has 3 aliphatic heterocycles. The minimum Gasteiger partial charge on any atom is -0.343 e. The molecule has 0 aromatic carbocycles. The normalized spacial score (nSPS) is 38.3. The van der Waals surface area contributed by atoms with Crippen molar-refractivity contribution in [2.75, 3.05) is 5.75 Å². The summed E-state index contributed by atoms with van der Waals surface area (Å²) in [5.41, 5.74) is -0.184. The van der Waals surface area contributed by atoms with Crippen LogP contribution in [-0.2, 0) is 23.7 Å². The van der Waals surface area contributed by atoms with Crippen molar-refractivity contribution in [1.82, 2.24) is 9.97 Å². The standard InChI is InChI=1S/C16H22N2O6S/c1-15(2)21-10-8(7-25-14-17-6-5-9(19)18-14)20-13-12(11(10)22-15)23-16(3,4)24-13/h5-6,8,10-13H,7H2,1-4H3,(H,17,18,19)/t8-,10+,11+,12-,13-/m1/s1. The van der Waals surface area contributed by atoms with E-state index >= 15 is 0 Å². The van der Waals surface area contributed by atoms with Crippen LogP contribution < -0.4 is 5.56 Å². The van der Waals surface area contributed by atoms with E-state index in [9.17, 15) is 4.79 Å². The predicted octanol–water partition coefficient (Wildman–Crippen LogP) is 1.26. The van der Waals surface area contributed by atoms with Crippen LogP contribution in [0.5, 0.6) is 0 Å². The molecule has 4 rings (SSSR count). The van der Waals surface area contributed by atoms with Crippen molar-refractivity contribution in [2.45, 2.75) is 75.1 Å². The number of hydrogen-bond donors (Lipinski definition) is 1. The summed E-state index contributed by atoms with van der Waals surface area (Å²) < 4.78 is 30.1. The van der Waals surface area contributed by atoms with Gasteiger partial charge >= 0.3 is 0 Å². The summed E-state index contributed by atoms with van der Waals surface area (Å²) in [6, 6.07) is 1.38. The molecular formula is C16H22N2O6S. The summed E-state index contributed by atoms with van der Waals surface area (Å²) in [6.07, 6.45) is -0.197. The highest BCUT2D eigenvalue weighted by Gasteiger charge is 2.60. The lowest BCUT2D eigenvalue weighted by atomic mass is 10.00. The molecule has 1 aromatic heterocycles. The Labute approximate surface area is 149 Å². The molecule has 0 bridgehead atoms. The molecule has 1 aromatic rings. The Hall–Kier alpha value is -0.970. The van der Waals surface area contributed by atoms with Crippen LogP contribution in [0.1, 0.15) is 27.7 Å². The third kappa shape index (κ3) is 3.49. The molecule has 3 fully saturated rings. The Morgan fingerprint density at radius 3 is 2.52 bits per heavy atom. The molecule has 0 radical (unpaired) electrons. The lowest BCUT2D eigenvalue weighted by Gasteiger charge is -2.37. The van der Waals surface area contributed by atoms with Gasteiger partial charge in [0.25, 0.3) is 5.56 Å². The fraction of sp³-hybridized carbons (Fsp3) is 0.750. The van der Waals surface area contributed by atoms with Gasteiger partial charge < -0.3 is 28.7 Å². The Kier molecular flexibility index (Phi) is 4.21. The molecule has 0 amide bonds. The molecule has 4 heterocycles. The van der Waals surface area contributed by atoms with Crippen LogP contribution in [-0.4, -0.2) is 58.0 Å². The Morgan fingerprint density at radius 1 is 1.08 bits per heavy atom. The molecule has 9 heteroatoms. The van der Waals surface area contributed by atoms with Crippen molar-refractivity contribution >= 4 is 11.8 Å². The van der Waals surface area contributed by atoms with Crippen LogP contribution in [0.4, 0.5) is 0 Å². The van der Waals surface area contributed by atoms with Crippen LogP contribution in [0, 0.1) is 0 Å². The third-order valence-corrected chi connectivity index (χ3v) is 5.26. The lowest BCUT2D eigenvalue weighted by molar-refractivity contribution is -0.228. The second kappa shape index (κ2) is 6.04. The van der Waals surface area contributed by atoms with Crippen LogP contribution >= 0.6 is 11.8 Å². The largest absolute Gasteiger partial charge is 0.343 e. The van der Waals surface area contributed by atoms with Gasteiger partial charge in [0.1, 0.15) is 18.3 Å². The van der Waals surface area contributed by atoms with Gasteiger partial charge in [0.2, 0.25) is 0 Å². The average molecular weight is 370 g/mol. The molecule has 0 saturated carbocycles. The van der Waals surface area contributed by atoms with E-state index in [0.29, 0.717) is 10.9 Å². The number of thioether (sulfide) groups is 1. The molecule has 3 saturated heterocycles. The van der Waals surface area contributed by atoms with Gasteiger partial charge in [-0.05, 0) is 27.7 Å². The Bertz CT molecular complexity index is 708. The lowest BCUT2D eigenvalue weighted by Crippen LogP contribution is -2.55. The third-order valence-electron chi connectivity index (χ3n) is 4.28. The SMILES string of the molecule is CC1(C)O[C@H]2[C@@H](O1)[C@@H](CSc1nccc(=O)[nH]1)O[C@@H]1OC(C)(C)O[C@@H]12. The molecular weight excluding hydrogens is 348 g/mol. The maximum Gasteiger partial charge on any atom is 0.251 e. The van der Waals surface area contributed by atoms with Crippen LogP contribution in [0.15, 0.2) is 22.2 Å². The number of aromatic amines is 1. The number of nitrogens with one attached hydrogen (secondary N) is 1. The van der Waals surface area contributed by atoms with Gasteiger partial charge in [-0.25, -0.2) is 4.98 Å². The van der Waals surface area contributed by atoms with E-state index in [1.165, 1.54) is 24.0 Å². The van der Waals surface area contributed by atoms with Gasteiger partial charge in [-0.3, -0.25) is 4.79 Å². The van der Waals surface area contributed by atoms with Crippen molar-refractivity contribution in [3.8, 4) is 0 Å². The molecule has 0 aliphatic carbocycles. The van der Waals surface area contributed by atoms with Crippen molar-refractivity contribution in [3.63, 3.8) is 0 Å². The van der Waals surface area contributed by atoms with Crippen molar-refractivity contribution in [1.29, 1.82) is 0 Å². The highest BCUT2D eigenvalue weighted by molar-refractivity contribution is 7.99. The fourth-order valence-corrected chi connectivity index (χ4v) is 4.31. The highest BCUT2D eigenvalue weighted by atomic mass is 32.2. The van der Waals surface area contributed by atoms with Gasteiger partial charge in [0.05, 0.1) is 6.10 Å². The van der Waals surface area contributed by atoms with E-state index in [-0.39, 0.29) is 30.0 Å². The maximum atomic E-state index is 11.4. The number of ether oxygens (including phenoxy) is 5. The number of nitrogens with zero attached hydrogens (tertiary/aromatic N) is 1. The maximum absolute atomic E-state index is 11.4. The topological polar surface area (TPSA) is 91.9 Å². The minimum atomic E-state index is -0.732. The van der Waals surface area contributed by atoms with Crippen LogP contribution in [0.3, 0.4) is 0 Å². The molecule has 1 N–H and O–H groups in total. The number of aromatic nitrogens is 2. The van der Waals surface area contributed by atoms with E-state index in [0.717, 1.165) is 0 Å². The zero-order chi connectivity index (χ0) is 17.8. The van der Waals surface area contributed by atoms with Gasteiger partial charge in [-0.15, -0.1) is 0 Å². The number of H-pyrrole nitrogens is 1. The average Bonchev–Trinajstić information content (AvgIpc) is 2.99. The summed E-state index contributed by atoms with van der Waals surface area (Å²) in [4.78, 5) is 18.3. The summed E-state index contributed by atoms with van der Waals surface area (Å²) in [5.74, 6) is -0.906. The quantitative estimate of drug-likeness (QED) is 0.628. The second-order valence-corrected chi connectivity index (χ2v) is 8.27. The molecule has 3 aliphatic rings. The number of hydrogen-bond acceptors (Lipinski definition) is 8. The highest BCUT2D eigenvalue weighted by Crippen LogP contribution is 2.44. The number of rotatable bonds is 3. The monoisotopic (exact) mass is 370 g/mol. The molecule has 8 nitrogen and oxygen atoms in total. The first-order chi connectivity index (χ1) is 11.7. The Balaban J connectivity index is 1.52. The van der Waals surface area contributed by atoms with Crippen LogP contribution in [0.25, 0.3) is 0 Å². The molecule has 0 spiro atoms. The van der Waals surface area contributed by atoms with Gasteiger partial charge in [0.15, 0.2) is 23.0 Å². The van der Waals surface area contributed by atoms with E-state index in [2.05, 4.69) is 9.97 Å². The summed E-state index contributed by atoms with van der Waals surface area (Å²) in [7, 11) is 0. The van der Waals surface area contributed by atoms with Gasteiger partial charge in [-0.1, -0.05) is 11.8 Å². The van der Waals surface area contributed by atoms with Crippen LogP contribution in [0.2, 0.25) is 0 Å². The van der Waals surface area contributed by atoms with Crippen molar-refractivity contribution in [2.24, 2.45) is 0 Å². The minimum absolute atomic E-state index is 0.184. The zero-order valence-corrected chi connectivity index (χ0v) is 15.4. The molecule has 138 valence electrons.